The van der Waals surface area contributed by atoms with E-state index in [0.29, 0.717) is 0 Å². The molecule has 14 heavy (non-hydrogen) atoms. The SMILES string of the molecule is OC(CCC1CC1)c1cc(Br)sc1Br. The van der Waals surface area contributed by atoms with E-state index in [1.807, 2.05) is 6.07 Å². The maximum Gasteiger partial charge on any atom is 0.0809 e. The summed E-state index contributed by atoms with van der Waals surface area (Å²) in [4.78, 5) is 0. The highest BCUT2D eigenvalue weighted by Crippen LogP contribution is 2.40. The quantitative estimate of drug-likeness (QED) is 0.856. The van der Waals surface area contributed by atoms with Crippen LogP contribution < -0.4 is 0 Å². The van der Waals surface area contributed by atoms with Crippen LogP contribution in [0, 0.1) is 5.92 Å². The van der Waals surface area contributed by atoms with Gasteiger partial charge in [0.2, 0.25) is 0 Å². The van der Waals surface area contributed by atoms with Crippen LogP contribution in [0.1, 0.15) is 37.4 Å². The first kappa shape index (κ1) is 11.1. The fourth-order valence-corrected chi connectivity index (χ4v) is 4.49. The van der Waals surface area contributed by atoms with Gasteiger partial charge < -0.3 is 5.11 Å². The molecule has 1 N–H and O–H groups in total. The van der Waals surface area contributed by atoms with Gasteiger partial charge in [0.25, 0.3) is 0 Å². The van der Waals surface area contributed by atoms with Crippen molar-refractivity contribution in [3.63, 3.8) is 0 Å². The monoisotopic (exact) mass is 338 g/mol. The molecule has 1 saturated carbocycles. The lowest BCUT2D eigenvalue weighted by Gasteiger charge is -2.08. The number of halogens is 2. The first-order valence-corrected chi connectivity index (χ1v) is 7.20. The summed E-state index contributed by atoms with van der Waals surface area (Å²) in [5, 5.41) is 9.95. The van der Waals surface area contributed by atoms with E-state index >= 15 is 0 Å². The van der Waals surface area contributed by atoms with Gasteiger partial charge in [0.05, 0.1) is 13.7 Å². The molecule has 0 amide bonds. The van der Waals surface area contributed by atoms with E-state index in [2.05, 4.69) is 31.9 Å². The first-order chi connectivity index (χ1) is 6.66. The minimum absolute atomic E-state index is 0.299. The second-order valence-electron chi connectivity index (χ2n) is 3.82. The van der Waals surface area contributed by atoms with Gasteiger partial charge in [0, 0.05) is 5.56 Å². The van der Waals surface area contributed by atoms with Gasteiger partial charge >= 0.3 is 0 Å². The van der Waals surface area contributed by atoms with Gasteiger partial charge in [-0.25, -0.2) is 0 Å². The molecule has 1 nitrogen and oxygen atoms in total. The highest BCUT2D eigenvalue weighted by atomic mass is 79.9. The molecule has 1 fully saturated rings. The van der Waals surface area contributed by atoms with Crippen molar-refractivity contribution >= 4 is 43.2 Å². The predicted molar refractivity (Wildman–Crippen MR) is 66.6 cm³/mol. The van der Waals surface area contributed by atoms with Gasteiger partial charge in [-0.15, -0.1) is 11.3 Å². The van der Waals surface area contributed by atoms with E-state index in [9.17, 15) is 5.11 Å². The number of aliphatic hydroxyl groups is 1. The summed E-state index contributed by atoms with van der Waals surface area (Å²) >= 11 is 8.51. The smallest absolute Gasteiger partial charge is 0.0809 e. The van der Waals surface area contributed by atoms with Crippen molar-refractivity contribution < 1.29 is 5.11 Å². The zero-order valence-corrected chi connectivity index (χ0v) is 11.7. The molecule has 1 aromatic heterocycles. The van der Waals surface area contributed by atoms with Crippen LogP contribution in [0.25, 0.3) is 0 Å². The molecule has 1 heterocycles. The Morgan fingerprint density at radius 3 is 2.71 bits per heavy atom. The van der Waals surface area contributed by atoms with Crippen LogP contribution >= 0.6 is 43.2 Å². The van der Waals surface area contributed by atoms with Crippen molar-refractivity contribution in [3.05, 3.63) is 19.2 Å². The number of thiophene rings is 1. The summed E-state index contributed by atoms with van der Waals surface area (Å²) in [6.45, 7) is 0. The number of rotatable bonds is 4. The maximum atomic E-state index is 9.95. The fraction of sp³-hybridized carbons (Fsp3) is 0.600. The van der Waals surface area contributed by atoms with Gasteiger partial charge in [-0.3, -0.25) is 0 Å². The molecule has 0 radical (unpaired) electrons. The van der Waals surface area contributed by atoms with Crippen molar-refractivity contribution in [2.75, 3.05) is 0 Å². The molecule has 4 heteroatoms. The van der Waals surface area contributed by atoms with E-state index in [1.165, 1.54) is 19.3 Å². The normalized spacial score (nSPS) is 18.5. The van der Waals surface area contributed by atoms with Gasteiger partial charge in [0.1, 0.15) is 0 Å². The molecule has 78 valence electrons. The third-order valence-electron chi connectivity index (χ3n) is 2.59. The van der Waals surface area contributed by atoms with Crippen LogP contribution in [0.2, 0.25) is 0 Å². The Kier molecular flexibility index (Phi) is 3.68. The Labute approximate surface area is 105 Å². The Balaban J connectivity index is 1.94. The number of aliphatic hydroxyl groups excluding tert-OH is 1. The molecule has 1 aromatic rings. The third-order valence-corrected chi connectivity index (χ3v) is 4.97. The van der Waals surface area contributed by atoms with Crippen LogP contribution in [0.4, 0.5) is 0 Å². The minimum Gasteiger partial charge on any atom is -0.388 e. The second-order valence-corrected chi connectivity index (χ2v) is 7.57. The fourth-order valence-electron chi connectivity index (χ4n) is 1.54. The van der Waals surface area contributed by atoms with E-state index in [0.717, 1.165) is 25.5 Å². The van der Waals surface area contributed by atoms with E-state index in [1.54, 1.807) is 11.3 Å². The summed E-state index contributed by atoms with van der Waals surface area (Å²) < 4.78 is 2.12. The highest BCUT2D eigenvalue weighted by Gasteiger charge is 2.23. The summed E-state index contributed by atoms with van der Waals surface area (Å²) in [5.41, 5.74) is 1.03. The Hall–Kier alpha value is 0.620. The summed E-state index contributed by atoms with van der Waals surface area (Å²) in [6.07, 6.45) is 4.49. The lowest BCUT2D eigenvalue weighted by atomic mass is 10.1. The molecule has 1 aliphatic rings. The standard InChI is InChI=1S/C10H12Br2OS/c11-9-5-7(10(12)14-9)8(13)4-3-6-1-2-6/h5-6,8,13H,1-4H2. The van der Waals surface area contributed by atoms with Crippen molar-refractivity contribution in [3.8, 4) is 0 Å². The van der Waals surface area contributed by atoms with Crippen molar-refractivity contribution in [1.29, 1.82) is 0 Å². The largest absolute Gasteiger partial charge is 0.388 e. The van der Waals surface area contributed by atoms with Crippen LogP contribution in [0.3, 0.4) is 0 Å². The summed E-state index contributed by atoms with van der Waals surface area (Å²) in [5.74, 6) is 0.894. The molecule has 0 aliphatic heterocycles. The van der Waals surface area contributed by atoms with Crippen LogP contribution in [-0.4, -0.2) is 5.11 Å². The van der Waals surface area contributed by atoms with Crippen LogP contribution in [0.5, 0.6) is 0 Å². The average Bonchev–Trinajstić information content (AvgIpc) is 2.88. The molecule has 1 unspecified atom stereocenters. The van der Waals surface area contributed by atoms with Gasteiger partial charge in [-0.05, 0) is 56.7 Å². The highest BCUT2D eigenvalue weighted by molar-refractivity contribution is 9.12. The molecule has 0 bridgehead atoms. The maximum absolute atomic E-state index is 9.95. The van der Waals surface area contributed by atoms with E-state index in [4.69, 9.17) is 0 Å². The minimum atomic E-state index is -0.299. The Morgan fingerprint density at radius 2 is 2.21 bits per heavy atom. The van der Waals surface area contributed by atoms with Crippen molar-refractivity contribution in [2.45, 2.75) is 31.8 Å². The van der Waals surface area contributed by atoms with Gasteiger partial charge in [-0.2, -0.15) is 0 Å². The predicted octanol–water partition coefficient (Wildman–Crippen LogP) is 4.50. The second kappa shape index (κ2) is 4.64. The first-order valence-electron chi connectivity index (χ1n) is 4.79. The van der Waals surface area contributed by atoms with Gasteiger partial charge in [0.15, 0.2) is 0 Å². The average molecular weight is 340 g/mol. The lowest BCUT2D eigenvalue weighted by molar-refractivity contribution is 0.162. The van der Waals surface area contributed by atoms with Crippen LogP contribution in [-0.2, 0) is 0 Å². The zero-order valence-electron chi connectivity index (χ0n) is 7.67. The van der Waals surface area contributed by atoms with E-state index in [-0.39, 0.29) is 6.10 Å². The number of hydrogen-bond acceptors (Lipinski definition) is 2. The molecule has 0 aromatic carbocycles. The zero-order chi connectivity index (χ0) is 10.1. The molecular formula is C10H12Br2OS. The lowest BCUT2D eigenvalue weighted by Crippen LogP contribution is -1.96. The molecule has 2 rings (SSSR count). The van der Waals surface area contributed by atoms with Crippen LogP contribution in [0.15, 0.2) is 13.6 Å². The molecule has 1 aliphatic carbocycles. The van der Waals surface area contributed by atoms with E-state index < -0.39 is 0 Å². The summed E-state index contributed by atoms with van der Waals surface area (Å²) in [6, 6.07) is 2.01. The Morgan fingerprint density at radius 1 is 1.50 bits per heavy atom. The summed E-state index contributed by atoms with van der Waals surface area (Å²) in [7, 11) is 0. The molecular weight excluding hydrogens is 328 g/mol. The van der Waals surface area contributed by atoms with Crippen molar-refractivity contribution in [1.82, 2.24) is 0 Å². The Bertz CT molecular complexity index is 320. The molecule has 1 atom stereocenters. The molecule has 0 saturated heterocycles. The van der Waals surface area contributed by atoms with Crippen molar-refractivity contribution in [2.24, 2.45) is 5.92 Å². The topological polar surface area (TPSA) is 20.2 Å². The third kappa shape index (κ3) is 2.81. The van der Waals surface area contributed by atoms with Gasteiger partial charge in [-0.1, -0.05) is 12.8 Å². The molecule has 0 spiro atoms. The number of hydrogen-bond donors (Lipinski definition) is 1.